The second-order valence-corrected chi connectivity index (χ2v) is 6.79. The Labute approximate surface area is 185 Å². The molecule has 1 heterocycles. The summed E-state index contributed by atoms with van der Waals surface area (Å²) in [5, 5.41) is 3.13. The lowest BCUT2D eigenvalue weighted by atomic mass is 10.1. The Kier molecular flexibility index (Phi) is 7.56. The van der Waals surface area contributed by atoms with Crippen LogP contribution in [0.25, 0.3) is 0 Å². The van der Waals surface area contributed by atoms with E-state index < -0.39 is 0 Å². The highest BCUT2D eigenvalue weighted by Crippen LogP contribution is 2.37. The van der Waals surface area contributed by atoms with Crippen LogP contribution in [0.5, 0.6) is 23.0 Å². The van der Waals surface area contributed by atoms with Gasteiger partial charge in [-0.05, 0) is 48.9 Å². The van der Waals surface area contributed by atoms with Crippen LogP contribution in [0, 0.1) is 0 Å². The van der Waals surface area contributed by atoms with Crippen LogP contribution in [0.15, 0.2) is 54.9 Å². The summed E-state index contributed by atoms with van der Waals surface area (Å²) in [6.07, 6.45) is 3.39. The van der Waals surface area contributed by atoms with Crippen LogP contribution < -0.4 is 24.3 Å². The monoisotopic (exact) mass is 442 g/mol. The molecular weight excluding hydrogens is 420 g/mol. The second kappa shape index (κ2) is 10.5. The van der Waals surface area contributed by atoms with Gasteiger partial charge in [0.15, 0.2) is 23.0 Å². The first kappa shape index (κ1) is 22.2. The zero-order valence-electron chi connectivity index (χ0n) is 17.5. The summed E-state index contributed by atoms with van der Waals surface area (Å²) in [5.74, 6) is 1.49. The Balaban J connectivity index is 1.79. The van der Waals surface area contributed by atoms with Crippen LogP contribution in [0.3, 0.4) is 0 Å². The molecule has 1 N–H and O–H groups in total. The minimum atomic E-state index is -0.353. The van der Waals surface area contributed by atoms with E-state index in [0.29, 0.717) is 52.5 Å². The number of nitrogens with one attached hydrogen (secondary N) is 1. The summed E-state index contributed by atoms with van der Waals surface area (Å²) < 4.78 is 22.0. The number of carbonyl (C=O) groups is 1. The number of carbonyl (C=O) groups excluding carboxylic acids is 1. The van der Waals surface area contributed by atoms with E-state index in [9.17, 15) is 4.79 Å². The molecule has 8 heteroatoms. The second-order valence-electron chi connectivity index (χ2n) is 6.39. The molecular formula is C23H23ClN2O5. The fourth-order valence-corrected chi connectivity index (χ4v) is 3.11. The molecule has 7 nitrogen and oxygen atoms in total. The van der Waals surface area contributed by atoms with Crippen LogP contribution >= 0.6 is 11.6 Å². The summed E-state index contributed by atoms with van der Waals surface area (Å²) >= 11 is 6.28. The lowest BCUT2D eigenvalue weighted by molar-refractivity contribution is 0.102. The van der Waals surface area contributed by atoms with Crippen molar-refractivity contribution >= 4 is 23.2 Å². The molecule has 31 heavy (non-hydrogen) atoms. The average molecular weight is 443 g/mol. The van der Waals surface area contributed by atoms with Crippen molar-refractivity contribution in [2.45, 2.75) is 13.5 Å². The first-order chi connectivity index (χ1) is 15.0. The van der Waals surface area contributed by atoms with E-state index in [1.807, 2.05) is 19.1 Å². The van der Waals surface area contributed by atoms with Crippen molar-refractivity contribution in [2.75, 3.05) is 26.1 Å². The van der Waals surface area contributed by atoms with Gasteiger partial charge >= 0.3 is 0 Å². The Bertz CT molecular complexity index is 1040. The normalized spacial score (nSPS) is 10.3. The number of amides is 1. The van der Waals surface area contributed by atoms with Gasteiger partial charge in [-0.3, -0.25) is 9.78 Å². The number of hydrogen-bond donors (Lipinski definition) is 1. The van der Waals surface area contributed by atoms with Crippen LogP contribution in [0.2, 0.25) is 5.02 Å². The van der Waals surface area contributed by atoms with E-state index in [4.69, 9.17) is 30.5 Å². The number of rotatable bonds is 9. The lowest BCUT2D eigenvalue weighted by Crippen LogP contribution is -2.12. The van der Waals surface area contributed by atoms with Gasteiger partial charge in [-0.2, -0.15) is 0 Å². The van der Waals surface area contributed by atoms with Crippen LogP contribution in [-0.4, -0.2) is 31.7 Å². The van der Waals surface area contributed by atoms with Gasteiger partial charge in [-0.25, -0.2) is 0 Å². The molecule has 0 aliphatic rings. The van der Waals surface area contributed by atoms with Crippen molar-refractivity contribution in [3.63, 3.8) is 0 Å². The van der Waals surface area contributed by atoms with Gasteiger partial charge in [-0.15, -0.1) is 0 Å². The van der Waals surface area contributed by atoms with E-state index in [0.717, 1.165) is 5.56 Å². The van der Waals surface area contributed by atoms with Gasteiger partial charge in [0.05, 0.1) is 25.8 Å². The number of pyridine rings is 1. The predicted octanol–water partition coefficient (Wildman–Crippen LogP) is 4.98. The zero-order valence-corrected chi connectivity index (χ0v) is 18.2. The summed E-state index contributed by atoms with van der Waals surface area (Å²) in [5.41, 5.74) is 1.84. The van der Waals surface area contributed by atoms with Crippen molar-refractivity contribution in [1.82, 2.24) is 4.98 Å². The van der Waals surface area contributed by atoms with Gasteiger partial charge in [0.1, 0.15) is 6.61 Å². The minimum Gasteiger partial charge on any atom is -0.493 e. The third-order valence-corrected chi connectivity index (χ3v) is 4.63. The first-order valence-electron chi connectivity index (χ1n) is 9.57. The van der Waals surface area contributed by atoms with Crippen molar-refractivity contribution in [1.29, 1.82) is 0 Å². The van der Waals surface area contributed by atoms with Crippen molar-refractivity contribution < 1.29 is 23.7 Å². The molecule has 0 atom stereocenters. The molecule has 0 radical (unpaired) electrons. The first-order valence-corrected chi connectivity index (χ1v) is 9.95. The maximum absolute atomic E-state index is 12.8. The van der Waals surface area contributed by atoms with Crippen LogP contribution in [-0.2, 0) is 6.61 Å². The highest BCUT2D eigenvalue weighted by molar-refractivity contribution is 6.32. The smallest absolute Gasteiger partial charge is 0.255 e. The van der Waals surface area contributed by atoms with Crippen LogP contribution in [0.1, 0.15) is 22.8 Å². The summed E-state index contributed by atoms with van der Waals surface area (Å²) in [6.45, 7) is 2.60. The summed E-state index contributed by atoms with van der Waals surface area (Å²) in [6, 6.07) is 12.0. The van der Waals surface area contributed by atoms with E-state index >= 15 is 0 Å². The minimum absolute atomic E-state index is 0.294. The molecule has 0 aliphatic heterocycles. The molecule has 0 saturated heterocycles. The molecule has 3 aromatic rings. The van der Waals surface area contributed by atoms with Crippen LogP contribution in [0.4, 0.5) is 5.69 Å². The van der Waals surface area contributed by atoms with Crippen molar-refractivity contribution in [3.8, 4) is 23.0 Å². The molecule has 0 fully saturated rings. The van der Waals surface area contributed by atoms with Gasteiger partial charge < -0.3 is 24.3 Å². The molecule has 1 amide bonds. The fraction of sp³-hybridized carbons (Fsp3) is 0.217. The number of ether oxygens (including phenoxy) is 4. The Morgan fingerprint density at radius 1 is 0.968 bits per heavy atom. The number of methoxy groups -OCH3 is 2. The Morgan fingerprint density at radius 2 is 1.71 bits per heavy atom. The standard InChI is InChI=1S/C23H23ClN2O5/c1-4-30-22-18(24)11-16(12-21(22)29-3)23(27)26-17-5-6-19(28-2)20(13-17)31-14-15-7-9-25-10-8-15/h5-13H,4,14H2,1-3H3,(H,26,27). The zero-order chi connectivity index (χ0) is 22.2. The largest absolute Gasteiger partial charge is 0.493 e. The number of anilines is 1. The predicted molar refractivity (Wildman–Crippen MR) is 119 cm³/mol. The van der Waals surface area contributed by atoms with Crippen molar-refractivity contribution in [3.05, 3.63) is 71.0 Å². The third kappa shape index (κ3) is 5.58. The van der Waals surface area contributed by atoms with Gasteiger partial charge in [-0.1, -0.05) is 11.6 Å². The van der Waals surface area contributed by atoms with Crippen molar-refractivity contribution in [2.24, 2.45) is 0 Å². The molecule has 162 valence electrons. The third-order valence-electron chi connectivity index (χ3n) is 4.35. The summed E-state index contributed by atoms with van der Waals surface area (Å²) in [4.78, 5) is 16.8. The molecule has 2 aromatic carbocycles. The number of nitrogens with zero attached hydrogens (tertiary/aromatic N) is 1. The molecule has 0 unspecified atom stereocenters. The molecule has 1 aromatic heterocycles. The number of benzene rings is 2. The molecule has 0 aliphatic carbocycles. The number of hydrogen-bond acceptors (Lipinski definition) is 6. The maximum atomic E-state index is 12.8. The molecule has 0 saturated carbocycles. The highest BCUT2D eigenvalue weighted by atomic mass is 35.5. The number of aromatic nitrogens is 1. The Morgan fingerprint density at radius 3 is 2.39 bits per heavy atom. The molecule has 3 rings (SSSR count). The number of halogens is 1. The van der Waals surface area contributed by atoms with E-state index in [1.54, 1.807) is 43.8 Å². The quantitative estimate of drug-likeness (QED) is 0.503. The fourth-order valence-electron chi connectivity index (χ4n) is 2.85. The van der Waals surface area contributed by atoms with Gasteiger partial charge in [0, 0.05) is 29.7 Å². The van der Waals surface area contributed by atoms with Gasteiger partial charge in [0.2, 0.25) is 0 Å². The SMILES string of the molecule is CCOc1c(Cl)cc(C(=O)Nc2ccc(OC)c(OCc3ccncc3)c2)cc1OC. The topological polar surface area (TPSA) is 78.9 Å². The van der Waals surface area contributed by atoms with E-state index in [-0.39, 0.29) is 5.91 Å². The lowest BCUT2D eigenvalue weighted by Gasteiger charge is -2.15. The van der Waals surface area contributed by atoms with E-state index in [2.05, 4.69) is 10.3 Å². The highest BCUT2D eigenvalue weighted by Gasteiger charge is 2.16. The molecule has 0 bridgehead atoms. The average Bonchev–Trinajstić information content (AvgIpc) is 2.79. The van der Waals surface area contributed by atoms with E-state index in [1.165, 1.54) is 13.2 Å². The maximum Gasteiger partial charge on any atom is 0.255 e. The van der Waals surface area contributed by atoms with Gasteiger partial charge in [0.25, 0.3) is 5.91 Å². The Hall–Kier alpha value is -3.45. The molecule has 0 spiro atoms. The summed E-state index contributed by atoms with van der Waals surface area (Å²) in [7, 11) is 3.05.